The number of aromatic hydroxyl groups is 1. The second-order valence-electron chi connectivity index (χ2n) is 15.5. The second-order valence-corrected chi connectivity index (χ2v) is 15.5. The van der Waals surface area contributed by atoms with Crippen LogP contribution in [0.1, 0.15) is 68.9 Å². The Morgan fingerprint density at radius 1 is 0.967 bits per heavy atom. The van der Waals surface area contributed by atoms with E-state index < -0.39 is 47.7 Å². The molecule has 4 heterocycles. The van der Waals surface area contributed by atoms with Crippen LogP contribution in [0.5, 0.6) is 5.75 Å². The summed E-state index contributed by atoms with van der Waals surface area (Å²) in [5.74, 6) is -1.62. The lowest BCUT2D eigenvalue weighted by atomic mass is 9.85. The molecule has 5 N–H and O–H groups in total. The summed E-state index contributed by atoms with van der Waals surface area (Å²) in [6.45, 7) is 8.79. The fraction of sp³-hybridized carbons (Fsp3) is 0.419. The number of carbonyl (C=O) groups is 5. The Kier molecular flexibility index (Phi) is 12.5. The van der Waals surface area contributed by atoms with Crippen LogP contribution in [0.2, 0.25) is 0 Å². The number of pyridine rings is 2. The van der Waals surface area contributed by atoms with Gasteiger partial charge in [0.1, 0.15) is 25.0 Å². The number of nitrogens with two attached hydrogens (primary N) is 1. The fourth-order valence-corrected chi connectivity index (χ4v) is 7.29. The van der Waals surface area contributed by atoms with Crippen molar-refractivity contribution < 1.29 is 43.3 Å². The highest BCUT2D eigenvalue weighted by molar-refractivity contribution is 5.97. The van der Waals surface area contributed by atoms with Crippen LogP contribution < -0.4 is 21.9 Å². The third-order valence-electron chi connectivity index (χ3n) is 11.1. The summed E-state index contributed by atoms with van der Waals surface area (Å²) in [4.78, 5) is 86.3. The molecular formula is C43H51N7O10. The highest BCUT2D eigenvalue weighted by atomic mass is 16.6. The van der Waals surface area contributed by atoms with Crippen LogP contribution in [0.3, 0.4) is 0 Å². The zero-order valence-electron chi connectivity index (χ0n) is 34.8. The molecule has 0 bridgehead atoms. The molecule has 2 aromatic heterocycles. The summed E-state index contributed by atoms with van der Waals surface area (Å²) in [5, 5.41) is 16.3. The minimum absolute atomic E-state index is 0.00930. The van der Waals surface area contributed by atoms with Gasteiger partial charge < -0.3 is 50.1 Å². The van der Waals surface area contributed by atoms with E-state index in [-0.39, 0.29) is 67.6 Å². The van der Waals surface area contributed by atoms with Gasteiger partial charge in [0.25, 0.3) is 5.56 Å². The molecule has 60 heavy (non-hydrogen) atoms. The first kappa shape index (κ1) is 43.1. The number of nitrogens with one attached hydrogen (secondary N) is 2. The topological polar surface area (TPSA) is 225 Å². The monoisotopic (exact) mass is 825 g/mol. The Bertz CT molecular complexity index is 2410. The first-order valence-electron chi connectivity index (χ1n) is 19.9. The van der Waals surface area contributed by atoms with Gasteiger partial charge in [0, 0.05) is 49.4 Å². The van der Waals surface area contributed by atoms with E-state index in [2.05, 4.69) is 10.6 Å². The number of phenols is 1. The van der Waals surface area contributed by atoms with Crippen molar-refractivity contribution in [2.24, 2.45) is 11.7 Å². The normalized spacial score (nSPS) is 16.2. The van der Waals surface area contributed by atoms with Crippen molar-refractivity contribution in [1.29, 1.82) is 0 Å². The van der Waals surface area contributed by atoms with Crippen LogP contribution in [-0.4, -0.2) is 93.7 Å². The average Bonchev–Trinajstić information content (AvgIpc) is 3.60. The number of cyclic esters (lactones) is 1. The molecule has 2 aliphatic heterocycles. The van der Waals surface area contributed by atoms with E-state index in [1.165, 1.54) is 23.9 Å². The van der Waals surface area contributed by atoms with Gasteiger partial charge in [-0.15, -0.1) is 0 Å². The molecule has 17 heteroatoms. The molecule has 3 atom stereocenters. The Morgan fingerprint density at radius 3 is 2.30 bits per heavy atom. The lowest BCUT2D eigenvalue weighted by molar-refractivity contribution is -0.173. The summed E-state index contributed by atoms with van der Waals surface area (Å²) in [5.41, 5.74) is 8.61. The molecule has 2 aromatic carbocycles. The zero-order chi connectivity index (χ0) is 43.6. The summed E-state index contributed by atoms with van der Waals surface area (Å²) in [6, 6.07) is 11.7. The number of aryl methyl sites for hydroxylation is 1. The number of esters is 1. The van der Waals surface area contributed by atoms with Gasteiger partial charge in [-0.2, -0.15) is 0 Å². The SMILES string of the molecule is CCc1c2c(nc3ccc(O)cc13)-c1cc3c(c(=O)n1C2)COC(=O)[C@@]3(CC)OC(=O)N(C)CCN(C)C(=O)OCc1ccc(NC(=O)[C@H](C)NC(=O)[C@@H](N)C(C)C)cc1. The molecule has 6 rings (SSSR count). The first-order valence-corrected chi connectivity index (χ1v) is 19.9. The quantitative estimate of drug-likeness (QED) is 0.0972. The number of hydrogen-bond donors (Lipinski definition) is 4. The summed E-state index contributed by atoms with van der Waals surface area (Å²) in [7, 11) is 2.97. The number of benzene rings is 2. The van der Waals surface area contributed by atoms with E-state index in [0.717, 1.165) is 16.5 Å². The summed E-state index contributed by atoms with van der Waals surface area (Å²) >= 11 is 0. The van der Waals surface area contributed by atoms with Crippen molar-refractivity contribution in [3.8, 4) is 17.1 Å². The molecule has 0 fully saturated rings. The fourth-order valence-electron chi connectivity index (χ4n) is 7.29. The number of anilines is 1. The number of fused-ring (bicyclic) bond motifs is 5. The highest BCUT2D eigenvalue weighted by Crippen LogP contribution is 2.42. The first-order chi connectivity index (χ1) is 28.5. The molecule has 4 aromatic rings. The van der Waals surface area contributed by atoms with E-state index >= 15 is 0 Å². The van der Waals surface area contributed by atoms with Crippen molar-refractivity contribution >= 4 is 46.6 Å². The number of nitrogens with zero attached hydrogens (tertiary/aromatic N) is 4. The van der Waals surface area contributed by atoms with Crippen LogP contribution >= 0.6 is 0 Å². The van der Waals surface area contributed by atoms with Crippen molar-refractivity contribution in [3.05, 3.63) is 86.7 Å². The predicted molar refractivity (Wildman–Crippen MR) is 221 cm³/mol. The second kappa shape index (κ2) is 17.4. The van der Waals surface area contributed by atoms with Crippen molar-refractivity contribution in [1.82, 2.24) is 24.7 Å². The third kappa shape index (κ3) is 8.34. The van der Waals surface area contributed by atoms with Crippen LogP contribution in [0.25, 0.3) is 22.3 Å². The number of carbonyl (C=O) groups excluding carboxylic acids is 5. The maximum absolute atomic E-state index is 14.0. The third-order valence-corrected chi connectivity index (χ3v) is 11.1. The highest BCUT2D eigenvalue weighted by Gasteiger charge is 2.51. The van der Waals surface area contributed by atoms with E-state index in [1.54, 1.807) is 66.9 Å². The van der Waals surface area contributed by atoms with Crippen molar-refractivity contribution in [3.63, 3.8) is 0 Å². The number of ether oxygens (including phenoxy) is 3. The Hall–Kier alpha value is -6.49. The Balaban J connectivity index is 1.07. The number of phenolic OH excluding ortho intramolecular Hbond substituents is 1. The van der Waals surface area contributed by atoms with Crippen LogP contribution in [0, 0.1) is 5.92 Å². The molecule has 4 amide bonds. The summed E-state index contributed by atoms with van der Waals surface area (Å²) in [6.07, 6.45) is -0.930. The van der Waals surface area contributed by atoms with Crippen molar-refractivity contribution in [2.75, 3.05) is 32.5 Å². The minimum Gasteiger partial charge on any atom is -0.508 e. The number of rotatable bonds is 13. The zero-order valence-corrected chi connectivity index (χ0v) is 34.8. The molecular weight excluding hydrogens is 775 g/mol. The smallest absolute Gasteiger partial charge is 0.411 e. The molecule has 2 aliphatic rings. The van der Waals surface area contributed by atoms with E-state index in [1.807, 2.05) is 20.8 Å². The van der Waals surface area contributed by atoms with Crippen molar-refractivity contribution in [2.45, 2.75) is 84.9 Å². The Morgan fingerprint density at radius 2 is 1.65 bits per heavy atom. The number of hydrogen-bond acceptors (Lipinski definition) is 12. The molecule has 0 saturated heterocycles. The van der Waals surface area contributed by atoms with E-state index in [0.29, 0.717) is 34.6 Å². The van der Waals surface area contributed by atoms with Gasteiger partial charge >= 0.3 is 18.2 Å². The van der Waals surface area contributed by atoms with Crippen LogP contribution in [-0.2, 0) is 60.4 Å². The molecule has 0 spiro atoms. The Labute approximate surface area is 346 Å². The van der Waals surface area contributed by atoms with Gasteiger partial charge in [-0.3, -0.25) is 14.4 Å². The van der Waals surface area contributed by atoms with Gasteiger partial charge in [-0.1, -0.05) is 39.8 Å². The standard InChI is InChI=1S/C43H51N7O10/c1-8-28-29-18-27(51)14-15-33(29)47-36-30(28)20-50-34(36)19-32-31(39(50)54)22-58-40(55)43(32,9-2)60-42(57)49(7)17-16-48(6)41(56)59-21-25-10-12-26(13-11-25)46-37(52)24(5)45-38(53)35(44)23(3)4/h10-15,18-19,23-24,35,51H,8-9,16-17,20-22,44H2,1-7H3,(H,45,53)(H,46,52)/t24-,35-,43-/m0/s1. The average molecular weight is 826 g/mol. The van der Waals surface area contributed by atoms with Gasteiger partial charge in [-0.05, 0) is 73.2 Å². The van der Waals surface area contributed by atoms with Crippen LogP contribution in [0.15, 0.2) is 53.3 Å². The van der Waals surface area contributed by atoms with Gasteiger partial charge in [0.2, 0.25) is 17.4 Å². The molecule has 17 nitrogen and oxygen atoms in total. The van der Waals surface area contributed by atoms with Crippen LogP contribution in [0.4, 0.5) is 15.3 Å². The van der Waals surface area contributed by atoms with Gasteiger partial charge in [0.05, 0.1) is 35.1 Å². The maximum Gasteiger partial charge on any atom is 0.411 e. The minimum atomic E-state index is -1.92. The molecule has 0 radical (unpaired) electrons. The number of aromatic nitrogens is 2. The molecule has 0 aliphatic carbocycles. The predicted octanol–water partition coefficient (Wildman–Crippen LogP) is 4.12. The number of amides is 4. The van der Waals surface area contributed by atoms with Gasteiger partial charge in [0.15, 0.2) is 0 Å². The summed E-state index contributed by atoms with van der Waals surface area (Å²) < 4.78 is 18.5. The lowest BCUT2D eigenvalue weighted by Crippen LogP contribution is -2.50. The number of likely N-dealkylation sites (N-methyl/N-ethyl adjacent to an activating group) is 2. The molecule has 0 unspecified atom stereocenters. The molecule has 318 valence electrons. The largest absolute Gasteiger partial charge is 0.508 e. The van der Waals surface area contributed by atoms with Gasteiger partial charge in [-0.25, -0.2) is 19.4 Å². The van der Waals surface area contributed by atoms with E-state index in [9.17, 15) is 33.9 Å². The molecule has 0 saturated carbocycles. The van der Waals surface area contributed by atoms with E-state index in [4.69, 9.17) is 24.9 Å². The maximum atomic E-state index is 14.0. The lowest BCUT2D eigenvalue weighted by Gasteiger charge is -2.36.